The number of rotatable bonds is 5. The predicted octanol–water partition coefficient (Wildman–Crippen LogP) is 0.120. The van der Waals surface area contributed by atoms with E-state index in [1.54, 1.807) is 6.92 Å². The molecule has 2 unspecified atom stereocenters. The Kier molecular flexibility index (Phi) is 5.11. The van der Waals surface area contributed by atoms with Gasteiger partial charge in [0.2, 0.25) is 5.91 Å². The molecular formula is C11H14N2O5S. The van der Waals surface area contributed by atoms with Crippen LogP contribution in [-0.2, 0) is 14.4 Å². The number of carboxylic acid groups (broad SMARTS) is 2. The van der Waals surface area contributed by atoms with Crippen LogP contribution in [0.15, 0.2) is 17.1 Å². The first kappa shape index (κ1) is 15.2. The van der Waals surface area contributed by atoms with Gasteiger partial charge in [-0.3, -0.25) is 9.79 Å². The van der Waals surface area contributed by atoms with Crippen molar-refractivity contribution in [3.8, 4) is 0 Å². The van der Waals surface area contributed by atoms with Crippen molar-refractivity contribution >= 4 is 35.3 Å². The van der Waals surface area contributed by atoms with E-state index < -0.39 is 29.3 Å². The molecule has 0 radical (unpaired) electrons. The first-order valence-electron chi connectivity index (χ1n) is 5.49. The van der Waals surface area contributed by atoms with Crippen molar-refractivity contribution in [1.82, 2.24) is 5.32 Å². The molecule has 2 atom stereocenters. The zero-order valence-electron chi connectivity index (χ0n) is 10.3. The number of carbonyl (C=O) groups is 3. The molecule has 1 heterocycles. The summed E-state index contributed by atoms with van der Waals surface area (Å²) >= 11 is 1.14. The molecule has 3 N–H and O–H groups in total. The molecule has 8 heteroatoms. The van der Waals surface area contributed by atoms with Gasteiger partial charge in [0.15, 0.2) is 6.04 Å². The summed E-state index contributed by atoms with van der Waals surface area (Å²) in [6, 6.07) is -1.25. The van der Waals surface area contributed by atoms with E-state index in [0.29, 0.717) is 5.57 Å². The fourth-order valence-corrected chi connectivity index (χ4v) is 2.48. The van der Waals surface area contributed by atoms with Crippen LogP contribution in [0.2, 0.25) is 0 Å². The van der Waals surface area contributed by atoms with Gasteiger partial charge in [-0.1, -0.05) is 13.5 Å². The normalized spacial score (nSPS) is 20.4. The van der Waals surface area contributed by atoms with E-state index in [9.17, 15) is 14.4 Å². The molecule has 0 aromatic rings. The van der Waals surface area contributed by atoms with Crippen molar-refractivity contribution in [2.75, 3.05) is 5.75 Å². The molecule has 19 heavy (non-hydrogen) atoms. The van der Waals surface area contributed by atoms with E-state index in [4.69, 9.17) is 10.2 Å². The van der Waals surface area contributed by atoms with E-state index in [1.165, 1.54) is 0 Å². The maximum atomic E-state index is 11.3. The molecule has 0 aliphatic carbocycles. The maximum Gasteiger partial charge on any atom is 0.354 e. The molecule has 0 saturated carbocycles. The molecule has 0 bridgehead atoms. The number of nitrogens with one attached hydrogen (secondary N) is 1. The van der Waals surface area contributed by atoms with Gasteiger partial charge in [-0.05, 0) is 5.57 Å². The van der Waals surface area contributed by atoms with Crippen LogP contribution < -0.4 is 5.32 Å². The minimum absolute atomic E-state index is 0.142. The third kappa shape index (κ3) is 3.82. The smallest absolute Gasteiger partial charge is 0.354 e. The fraction of sp³-hybridized carbons (Fsp3) is 0.455. The lowest BCUT2D eigenvalue weighted by Gasteiger charge is -2.25. The zero-order chi connectivity index (χ0) is 14.6. The van der Waals surface area contributed by atoms with Gasteiger partial charge in [-0.15, -0.1) is 11.8 Å². The Morgan fingerprint density at radius 3 is 2.63 bits per heavy atom. The Hall–Kier alpha value is -1.83. The van der Waals surface area contributed by atoms with Crippen LogP contribution in [0, 0.1) is 0 Å². The Labute approximate surface area is 113 Å². The fourth-order valence-electron chi connectivity index (χ4n) is 1.42. The number of nitrogens with zero attached hydrogens (tertiary/aromatic N) is 1. The van der Waals surface area contributed by atoms with E-state index in [-0.39, 0.29) is 17.9 Å². The SMILES string of the molecule is C=C1CSC(C(NC(=O)CC)C(=O)O)N=C1C(=O)O. The quantitative estimate of drug-likeness (QED) is 0.661. The van der Waals surface area contributed by atoms with Crippen LogP contribution >= 0.6 is 11.8 Å². The topological polar surface area (TPSA) is 116 Å². The highest BCUT2D eigenvalue weighted by Gasteiger charge is 2.34. The summed E-state index contributed by atoms with van der Waals surface area (Å²) in [6.45, 7) is 5.16. The minimum Gasteiger partial charge on any atom is -0.480 e. The largest absolute Gasteiger partial charge is 0.480 e. The predicted molar refractivity (Wildman–Crippen MR) is 70.3 cm³/mol. The number of hydrogen-bond acceptors (Lipinski definition) is 5. The molecule has 0 saturated heterocycles. The first-order valence-corrected chi connectivity index (χ1v) is 6.54. The maximum absolute atomic E-state index is 11.3. The molecular weight excluding hydrogens is 272 g/mol. The van der Waals surface area contributed by atoms with Crippen LogP contribution in [-0.4, -0.2) is 50.9 Å². The monoisotopic (exact) mass is 286 g/mol. The highest BCUT2D eigenvalue weighted by atomic mass is 32.2. The van der Waals surface area contributed by atoms with Crippen molar-refractivity contribution < 1.29 is 24.6 Å². The summed E-state index contributed by atoms with van der Waals surface area (Å²) < 4.78 is 0. The second-order valence-corrected chi connectivity index (χ2v) is 4.93. The second kappa shape index (κ2) is 6.37. The van der Waals surface area contributed by atoms with Gasteiger partial charge in [0.1, 0.15) is 11.1 Å². The molecule has 0 aromatic heterocycles. The molecule has 1 aliphatic rings. The summed E-state index contributed by atoms with van der Waals surface area (Å²) in [5, 5.41) is 19.5. The number of amides is 1. The van der Waals surface area contributed by atoms with Crippen molar-refractivity contribution in [1.29, 1.82) is 0 Å². The molecule has 1 aliphatic heterocycles. The number of hydrogen-bond donors (Lipinski definition) is 3. The van der Waals surface area contributed by atoms with Gasteiger partial charge in [-0.2, -0.15) is 0 Å². The molecule has 104 valence electrons. The average Bonchev–Trinajstić information content (AvgIpc) is 2.35. The molecule has 0 fully saturated rings. The third-order valence-electron chi connectivity index (χ3n) is 2.41. The summed E-state index contributed by atoms with van der Waals surface area (Å²) in [5.74, 6) is -2.66. The van der Waals surface area contributed by atoms with Crippen LogP contribution in [0.25, 0.3) is 0 Å². The second-order valence-electron chi connectivity index (χ2n) is 3.82. The van der Waals surface area contributed by atoms with E-state index in [0.717, 1.165) is 11.8 Å². The Bertz CT molecular complexity index is 460. The van der Waals surface area contributed by atoms with Crippen LogP contribution in [0.3, 0.4) is 0 Å². The summed E-state index contributed by atoms with van der Waals surface area (Å²) in [4.78, 5) is 37.2. The van der Waals surface area contributed by atoms with Gasteiger partial charge in [0.05, 0.1) is 0 Å². The lowest BCUT2D eigenvalue weighted by Crippen LogP contribution is -2.48. The van der Waals surface area contributed by atoms with Gasteiger partial charge in [0.25, 0.3) is 0 Å². The van der Waals surface area contributed by atoms with Gasteiger partial charge in [-0.25, -0.2) is 9.59 Å². The van der Waals surface area contributed by atoms with Crippen LogP contribution in [0.5, 0.6) is 0 Å². The lowest BCUT2D eigenvalue weighted by molar-refractivity contribution is -0.141. The van der Waals surface area contributed by atoms with Crippen LogP contribution in [0.4, 0.5) is 0 Å². The number of carbonyl (C=O) groups excluding carboxylic acids is 1. The molecule has 0 aromatic carbocycles. The molecule has 0 spiro atoms. The lowest BCUT2D eigenvalue weighted by atomic mass is 10.2. The zero-order valence-corrected chi connectivity index (χ0v) is 11.1. The first-order chi connectivity index (χ1) is 8.86. The van der Waals surface area contributed by atoms with E-state index >= 15 is 0 Å². The van der Waals surface area contributed by atoms with Crippen molar-refractivity contribution in [3.63, 3.8) is 0 Å². The minimum atomic E-state index is -1.25. The number of aliphatic carboxylic acids is 2. The summed E-state index contributed by atoms with van der Waals surface area (Å²) in [5.41, 5.74) is 0.0976. The highest BCUT2D eigenvalue weighted by molar-refractivity contribution is 8.00. The number of thioether (sulfide) groups is 1. The number of carboxylic acids is 2. The Balaban J connectivity index is 2.97. The highest BCUT2D eigenvalue weighted by Crippen LogP contribution is 2.25. The van der Waals surface area contributed by atoms with E-state index in [2.05, 4.69) is 16.9 Å². The molecule has 1 amide bonds. The Morgan fingerprint density at radius 2 is 2.16 bits per heavy atom. The molecule has 1 rings (SSSR count). The van der Waals surface area contributed by atoms with Crippen molar-refractivity contribution in [2.45, 2.75) is 24.8 Å². The van der Waals surface area contributed by atoms with Crippen molar-refractivity contribution in [3.05, 3.63) is 12.2 Å². The standard InChI is InChI=1S/C11H14N2O5S/c1-3-6(14)12-8(11(17)18)9-13-7(10(15)16)5(2)4-19-9/h8-9H,2-4H2,1H3,(H,12,14)(H,15,16)(H,17,18). The van der Waals surface area contributed by atoms with Gasteiger partial charge < -0.3 is 15.5 Å². The van der Waals surface area contributed by atoms with E-state index in [1.807, 2.05) is 0 Å². The molecule has 7 nitrogen and oxygen atoms in total. The third-order valence-corrected chi connectivity index (χ3v) is 3.65. The average molecular weight is 286 g/mol. The number of aliphatic imine (C=N–C) groups is 1. The van der Waals surface area contributed by atoms with Crippen molar-refractivity contribution in [2.24, 2.45) is 4.99 Å². The summed E-state index contributed by atoms with van der Waals surface area (Å²) in [6.07, 6.45) is 0.142. The van der Waals surface area contributed by atoms with Gasteiger partial charge in [0, 0.05) is 12.2 Å². The summed E-state index contributed by atoms with van der Waals surface area (Å²) in [7, 11) is 0. The Morgan fingerprint density at radius 1 is 1.53 bits per heavy atom. The van der Waals surface area contributed by atoms with Gasteiger partial charge >= 0.3 is 11.9 Å². The van der Waals surface area contributed by atoms with Crippen LogP contribution in [0.1, 0.15) is 13.3 Å².